The van der Waals surface area contributed by atoms with Crippen LogP contribution in [0.1, 0.15) is 33.1 Å². The van der Waals surface area contributed by atoms with E-state index in [1.54, 1.807) is 0 Å². The van der Waals surface area contributed by atoms with Crippen molar-refractivity contribution >= 4 is 11.9 Å². The molecule has 1 aliphatic heterocycles. The molecule has 5 heteroatoms. The molecule has 0 radical (unpaired) electrons. The largest absolute Gasteiger partial charge is 0.464 e. The zero-order chi connectivity index (χ0) is 12.8. The Morgan fingerprint density at radius 3 is 2.71 bits per heavy atom. The van der Waals surface area contributed by atoms with E-state index in [2.05, 4.69) is 17.6 Å². The molecule has 1 rings (SSSR count). The van der Waals surface area contributed by atoms with Crippen molar-refractivity contribution < 1.29 is 14.3 Å². The van der Waals surface area contributed by atoms with Crippen molar-refractivity contribution in [3.63, 3.8) is 0 Å². The molecule has 1 fully saturated rings. The Morgan fingerprint density at radius 2 is 2.18 bits per heavy atom. The summed E-state index contributed by atoms with van der Waals surface area (Å²) in [7, 11) is 1.91. The average Bonchev–Trinajstić information content (AvgIpc) is 2.71. The predicted molar refractivity (Wildman–Crippen MR) is 64.4 cm³/mol. The highest BCUT2D eigenvalue weighted by atomic mass is 16.5. The van der Waals surface area contributed by atoms with Gasteiger partial charge in [0, 0.05) is 18.4 Å². The number of nitrogens with one attached hydrogen (secondary N) is 2. The second-order valence-corrected chi connectivity index (χ2v) is 4.69. The van der Waals surface area contributed by atoms with Crippen molar-refractivity contribution in [2.75, 3.05) is 13.7 Å². The fourth-order valence-corrected chi connectivity index (χ4v) is 1.72. The number of hydrogen-bond acceptors (Lipinski definition) is 4. The number of carbonyl (C=O) groups is 2. The molecule has 1 saturated heterocycles. The lowest BCUT2D eigenvalue weighted by Gasteiger charge is -2.16. The predicted octanol–water partition coefficient (Wildman–Crippen LogP) is 0.442. The van der Waals surface area contributed by atoms with Crippen LogP contribution in [0.2, 0.25) is 0 Å². The maximum absolute atomic E-state index is 11.8. The van der Waals surface area contributed by atoms with Crippen LogP contribution in [0.25, 0.3) is 0 Å². The third-order valence-electron chi connectivity index (χ3n) is 3.22. The van der Waals surface area contributed by atoms with Crippen molar-refractivity contribution in [1.82, 2.24) is 10.6 Å². The summed E-state index contributed by atoms with van der Waals surface area (Å²) in [5.74, 6) is -0.439. The van der Waals surface area contributed by atoms with Gasteiger partial charge in [-0.1, -0.05) is 6.92 Å². The molecule has 2 N–H and O–H groups in total. The maximum Gasteiger partial charge on any atom is 0.328 e. The molecule has 17 heavy (non-hydrogen) atoms. The monoisotopic (exact) mass is 242 g/mol. The molecule has 2 unspecified atom stereocenters. The van der Waals surface area contributed by atoms with Crippen LogP contribution in [0.5, 0.6) is 0 Å². The molecule has 0 aromatic carbocycles. The number of rotatable bonds is 6. The van der Waals surface area contributed by atoms with E-state index in [4.69, 9.17) is 4.74 Å². The van der Waals surface area contributed by atoms with E-state index < -0.39 is 6.04 Å². The van der Waals surface area contributed by atoms with Crippen LogP contribution in [0.4, 0.5) is 0 Å². The minimum absolute atomic E-state index is 0.0582. The van der Waals surface area contributed by atoms with Crippen LogP contribution in [-0.4, -0.2) is 37.6 Å². The Hall–Kier alpha value is -1.10. The molecule has 1 amide bonds. The lowest BCUT2D eigenvalue weighted by molar-refractivity contribution is -0.141. The number of hydrogen-bond donors (Lipinski definition) is 2. The van der Waals surface area contributed by atoms with Crippen LogP contribution < -0.4 is 10.6 Å². The van der Waals surface area contributed by atoms with Gasteiger partial charge in [-0.2, -0.15) is 0 Å². The molecule has 98 valence electrons. The number of cyclic esters (lactones) is 1. The van der Waals surface area contributed by atoms with Gasteiger partial charge in [0.2, 0.25) is 5.91 Å². The Kier molecular flexibility index (Phi) is 5.41. The van der Waals surface area contributed by atoms with Crippen molar-refractivity contribution in [2.24, 2.45) is 5.92 Å². The van der Waals surface area contributed by atoms with Gasteiger partial charge in [0.1, 0.15) is 6.04 Å². The van der Waals surface area contributed by atoms with Gasteiger partial charge in [-0.05, 0) is 26.8 Å². The first-order valence-corrected chi connectivity index (χ1v) is 6.19. The smallest absolute Gasteiger partial charge is 0.328 e. The highest BCUT2D eigenvalue weighted by Crippen LogP contribution is 2.11. The van der Waals surface area contributed by atoms with E-state index in [0.29, 0.717) is 19.1 Å². The molecule has 3 atom stereocenters. The molecule has 0 bridgehead atoms. The fraction of sp³-hybridized carbons (Fsp3) is 0.833. The molecule has 0 saturated carbocycles. The number of esters is 1. The molecule has 1 heterocycles. The molecule has 5 nitrogen and oxygen atoms in total. The zero-order valence-electron chi connectivity index (χ0n) is 10.8. The molecular weight excluding hydrogens is 220 g/mol. The Morgan fingerprint density at radius 1 is 1.47 bits per heavy atom. The summed E-state index contributed by atoms with van der Waals surface area (Å²) in [6.07, 6.45) is 2.35. The molecule has 0 aromatic heterocycles. The third-order valence-corrected chi connectivity index (χ3v) is 3.22. The zero-order valence-corrected chi connectivity index (χ0v) is 10.8. The number of ether oxygens (including phenoxy) is 1. The van der Waals surface area contributed by atoms with Crippen LogP contribution in [0.15, 0.2) is 0 Å². The Labute approximate surface area is 102 Å². The van der Waals surface area contributed by atoms with Gasteiger partial charge >= 0.3 is 5.97 Å². The van der Waals surface area contributed by atoms with Gasteiger partial charge in [-0.3, -0.25) is 4.79 Å². The summed E-state index contributed by atoms with van der Waals surface area (Å²) < 4.78 is 4.80. The molecule has 1 aliphatic rings. The summed E-state index contributed by atoms with van der Waals surface area (Å²) in [6.45, 7) is 4.38. The third kappa shape index (κ3) is 4.34. The average molecular weight is 242 g/mol. The normalized spacial score (nSPS) is 23.0. The SMILES string of the molecule is CN[C@@H](C)CCC(C)C(=O)NC1CCOC1=O. The lowest BCUT2D eigenvalue weighted by atomic mass is 10.0. The lowest BCUT2D eigenvalue weighted by Crippen LogP contribution is -2.41. The minimum atomic E-state index is -0.438. The van der Waals surface area contributed by atoms with Crippen molar-refractivity contribution in [2.45, 2.75) is 45.2 Å². The van der Waals surface area contributed by atoms with Gasteiger partial charge in [0.25, 0.3) is 0 Å². The first kappa shape index (κ1) is 14.0. The summed E-state index contributed by atoms with van der Waals surface area (Å²) in [4.78, 5) is 23.0. The topological polar surface area (TPSA) is 67.4 Å². The van der Waals surface area contributed by atoms with E-state index in [0.717, 1.165) is 12.8 Å². The van der Waals surface area contributed by atoms with Gasteiger partial charge < -0.3 is 15.4 Å². The Bertz CT molecular complexity index is 281. The first-order valence-electron chi connectivity index (χ1n) is 6.19. The molecule has 0 aromatic rings. The summed E-state index contributed by atoms with van der Waals surface area (Å²) in [6, 6.07) is -0.0339. The summed E-state index contributed by atoms with van der Waals surface area (Å²) >= 11 is 0. The minimum Gasteiger partial charge on any atom is -0.464 e. The first-order chi connectivity index (χ1) is 8.04. The summed E-state index contributed by atoms with van der Waals surface area (Å²) in [5.41, 5.74) is 0. The van der Waals surface area contributed by atoms with Gasteiger partial charge in [0.15, 0.2) is 0 Å². The fourth-order valence-electron chi connectivity index (χ4n) is 1.72. The van der Waals surface area contributed by atoms with E-state index in [1.165, 1.54) is 0 Å². The molecule has 0 aliphatic carbocycles. The highest BCUT2D eigenvalue weighted by molar-refractivity contribution is 5.86. The number of carbonyl (C=O) groups excluding carboxylic acids is 2. The van der Waals surface area contributed by atoms with Gasteiger partial charge in [-0.25, -0.2) is 4.79 Å². The quantitative estimate of drug-likeness (QED) is 0.663. The molecule has 0 spiro atoms. The van der Waals surface area contributed by atoms with Crippen LogP contribution in [-0.2, 0) is 14.3 Å². The standard InChI is InChI=1S/C12H22N2O3/c1-8(4-5-9(2)13-3)11(15)14-10-6-7-17-12(10)16/h8-10,13H,4-7H2,1-3H3,(H,14,15)/t8?,9-,10?/m0/s1. The van der Waals surface area contributed by atoms with E-state index in [-0.39, 0.29) is 17.8 Å². The van der Waals surface area contributed by atoms with Gasteiger partial charge in [0.05, 0.1) is 6.61 Å². The Balaban J connectivity index is 2.29. The van der Waals surface area contributed by atoms with E-state index >= 15 is 0 Å². The van der Waals surface area contributed by atoms with Crippen LogP contribution in [0, 0.1) is 5.92 Å². The van der Waals surface area contributed by atoms with Crippen LogP contribution in [0.3, 0.4) is 0 Å². The summed E-state index contributed by atoms with van der Waals surface area (Å²) in [5, 5.41) is 5.87. The second-order valence-electron chi connectivity index (χ2n) is 4.69. The van der Waals surface area contributed by atoms with E-state index in [1.807, 2.05) is 14.0 Å². The van der Waals surface area contributed by atoms with Crippen molar-refractivity contribution in [1.29, 1.82) is 0 Å². The van der Waals surface area contributed by atoms with Crippen LogP contribution >= 0.6 is 0 Å². The number of amides is 1. The van der Waals surface area contributed by atoms with Crippen molar-refractivity contribution in [3.05, 3.63) is 0 Å². The second kappa shape index (κ2) is 6.59. The van der Waals surface area contributed by atoms with E-state index in [9.17, 15) is 9.59 Å². The molecular formula is C12H22N2O3. The van der Waals surface area contributed by atoms with Crippen molar-refractivity contribution in [3.8, 4) is 0 Å². The maximum atomic E-state index is 11.8. The van der Waals surface area contributed by atoms with Gasteiger partial charge in [-0.15, -0.1) is 0 Å². The highest BCUT2D eigenvalue weighted by Gasteiger charge is 2.29.